The first-order valence-corrected chi connectivity index (χ1v) is 12.9. The Balaban J connectivity index is 1.19. The Morgan fingerprint density at radius 3 is 2.54 bits per heavy atom. The first kappa shape index (κ1) is 24.8. The van der Waals surface area contributed by atoms with E-state index in [1.54, 1.807) is 23.9 Å². The molecule has 7 heteroatoms. The number of carboxylic acids is 1. The number of fused-ring (bicyclic) bond motifs is 1. The lowest BCUT2D eigenvalue weighted by Crippen LogP contribution is -2.21. The number of unbranched alkanes of at least 4 members (excludes halogenated alkanes) is 2. The molecule has 0 aliphatic carbocycles. The van der Waals surface area contributed by atoms with Crippen molar-refractivity contribution in [3.63, 3.8) is 0 Å². The van der Waals surface area contributed by atoms with Crippen LogP contribution in [0.3, 0.4) is 0 Å². The molecule has 0 saturated carbocycles. The average molecular weight is 491 g/mol. The Bertz CT molecular complexity index is 1180. The van der Waals surface area contributed by atoms with Gasteiger partial charge in [0.25, 0.3) is 0 Å². The number of thioether (sulfide) groups is 1. The van der Waals surface area contributed by atoms with E-state index in [4.69, 9.17) is 9.15 Å². The molecular weight excluding hydrogens is 460 g/mol. The van der Waals surface area contributed by atoms with Crippen LogP contribution >= 0.6 is 11.8 Å². The summed E-state index contributed by atoms with van der Waals surface area (Å²) in [5, 5.41) is 12.8. The summed E-state index contributed by atoms with van der Waals surface area (Å²) < 4.78 is 12.2. The molecule has 4 aromatic rings. The van der Waals surface area contributed by atoms with Crippen molar-refractivity contribution in [2.45, 2.75) is 36.7 Å². The predicted molar refractivity (Wildman–Crippen MR) is 139 cm³/mol. The van der Waals surface area contributed by atoms with Gasteiger partial charge in [-0.2, -0.15) is 0 Å². The molecule has 0 bridgehead atoms. The zero-order chi connectivity index (χ0) is 24.3. The number of aromatic carboxylic acids is 1. The largest absolute Gasteiger partial charge is 0.481 e. The molecule has 0 fully saturated rings. The van der Waals surface area contributed by atoms with E-state index in [0.717, 1.165) is 66.3 Å². The number of carboxylic acid groups (broad SMARTS) is 1. The van der Waals surface area contributed by atoms with Crippen molar-refractivity contribution in [1.29, 1.82) is 0 Å². The first-order chi connectivity index (χ1) is 17.2. The maximum Gasteiger partial charge on any atom is 0.336 e. The van der Waals surface area contributed by atoms with Crippen LogP contribution in [0.15, 0.2) is 88.2 Å². The van der Waals surface area contributed by atoms with Gasteiger partial charge in [-0.15, -0.1) is 11.8 Å². The highest BCUT2D eigenvalue weighted by molar-refractivity contribution is 7.99. The summed E-state index contributed by atoms with van der Waals surface area (Å²) in [6.45, 7) is 1.71. The molecule has 1 unspecified atom stereocenters. The summed E-state index contributed by atoms with van der Waals surface area (Å²) >= 11 is 1.61. The molecule has 35 heavy (non-hydrogen) atoms. The normalized spacial score (nSPS) is 12.0. The third-order valence-electron chi connectivity index (χ3n) is 5.56. The molecule has 0 spiro atoms. The monoisotopic (exact) mass is 490 g/mol. The predicted octanol–water partition coefficient (Wildman–Crippen LogP) is 6.59. The first-order valence-electron chi connectivity index (χ1n) is 11.9. The third-order valence-corrected chi connectivity index (χ3v) is 6.72. The lowest BCUT2D eigenvalue weighted by molar-refractivity contribution is 0.0693. The molecule has 4 rings (SSSR count). The van der Waals surface area contributed by atoms with Gasteiger partial charge in [0.1, 0.15) is 11.3 Å². The summed E-state index contributed by atoms with van der Waals surface area (Å²) in [6, 6.07) is 24.7. The van der Waals surface area contributed by atoms with Crippen LogP contribution in [0.25, 0.3) is 11.1 Å². The standard InChI is InChI=1S/C28H30N2O4S/c31-28(32)22-13-5-8-16-26(22)35-20-10-2-9-18-29-19-17-25(33-21-11-3-1-4-12-21)27-30-23-14-6-7-15-24(23)34-27/h1,3-8,11-16,25,29H,2,9-10,17-20H2,(H,31,32). The smallest absolute Gasteiger partial charge is 0.336 e. The SMILES string of the molecule is O=C(O)c1ccccc1SCCCCCNCCC(Oc1ccccc1)c1nc2ccccc2o1. The second-order valence-corrected chi connectivity index (χ2v) is 9.33. The van der Waals surface area contributed by atoms with Gasteiger partial charge in [-0.3, -0.25) is 0 Å². The Labute approximate surface area is 209 Å². The molecule has 2 N–H and O–H groups in total. The molecule has 0 radical (unpaired) electrons. The van der Waals surface area contributed by atoms with Gasteiger partial charge in [-0.25, -0.2) is 9.78 Å². The van der Waals surface area contributed by atoms with E-state index in [2.05, 4.69) is 10.3 Å². The van der Waals surface area contributed by atoms with Crippen LogP contribution in [-0.4, -0.2) is 34.9 Å². The number of para-hydroxylation sites is 3. The van der Waals surface area contributed by atoms with Crippen molar-refractivity contribution in [2.24, 2.45) is 0 Å². The van der Waals surface area contributed by atoms with Crippen molar-refractivity contribution < 1.29 is 19.1 Å². The highest BCUT2D eigenvalue weighted by atomic mass is 32.2. The molecule has 182 valence electrons. The number of oxazole rings is 1. The highest BCUT2D eigenvalue weighted by Crippen LogP contribution is 2.27. The van der Waals surface area contributed by atoms with E-state index in [1.807, 2.05) is 66.7 Å². The Kier molecular flexibility index (Phi) is 9.20. The number of nitrogens with one attached hydrogen (secondary N) is 1. The molecule has 3 aromatic carbocycles. The minimum atomic E-state index is -0.871. The molecule has 1 atom stereocenters. The van der Waals surface area contributed by atoms with Crippen LogP contribution in [0.1, 0.15) is 48.0 Å². The maximum atomic E-state index is 11.3. The summed E-state index contributed by atoms with van der Waals surface area (Å²) in [6.07, 6.45) is 3.66. The number of hydrogen-bond donors (Lipinski definition) is 2. The molecular formula is C28H30N2O4S. The summed E-state index contributed by atoms with van der Waals surface area (Å²) in [5.74, 6) is 1.43. The van der Waals surface area contributed by atoms with Crippen molar-refractivity contribution in [3.05, 3.63) is 90.3 Å². The lowest BCUT2D eigenvalue weighted by atomic mass is 10.2. The van der Waals surface area contributed by atoms with Gasteiger partial charge < -0.3 is 19.6 Å². The van der Waals surface area contributed by atoms with Crippen molar-refractivity contribution in [2.75, 3.05) is 18.8 Å². The Hall–Kier alpha value is -3.29. The van der Waals surface area contributed by atoms with E-state index < -0.39 is 5.97 Å². The van der Waals surface area contributed by atoms with Gasteiger partial charge in [0.15, 0.2) is 11.7 Å². The van der Waals surface area contributed by atoms with Gasteiger partial charge in [-0.05, 0) is 68.1 Å². The van der Waals surface area contributed by atoms with E-state index in [9.17, 15) is 9.90 Å². The van der Waals surface area contributed by atoms with E-state index >= 15 is 0 Å². The number of benzene rings is 3. The zero-order valence-electron chi connectivity index (χ0n) is 19.6. The number of rotatable bonds is 14. The Morgan fingerprint density at radius 1 is 0.943 bits per heavy atom. The molecule has 1 aromatic heterocycles. The quantitative estimate of drug-likeness (QED) is 0.152. The van der Waals surface area contributed by atoms with Crippen molar-refractivity contribution >= 4 is 28.8 Å². The Morgan fingerprint density at radius 2 is 1.71 bits per heavy atom. The van der Waals surface area contributed by atoms with Crippen LogP contribution in [0, 0.1) is 0 Å². The van der Waals surface area contributed by atoms with Gasteiger partial charge in [0, 0.05) is 11.3 Å². The van der Waals surface area contributed by atoms with Gasteiger partial charge in [-0.1, -0.05) is 48.9 Å². The van der Waals surface area contributed by atoms with Gasteiger partial charge in [0.05, 0.1) is 5.56 Å². The van der Waals surface area contributed by atoms with E-state index in [-0.39, 0.29) is 6.10 Å². The van der Waals surface area contributed by atoms with Gasteiger partial charge in [0.2, 0.25) is 5.89 Å². The van der Waals surface area contributed by atoms with E-state index in [1.165, 1.54) is 0 Å². The molecule has 0 amide bonds. The number of hydrogen-bond acceptors (Lipinski definition) is 6. The fraction of sp³-hybridized carbons (Fsp3) is 0.286. The summed E-state index contributed by atoms with van der Waals surface area (Å²) in [4.78, 5) is 16.8. The lowest BCUT2D eigenvalue weighted by Gasteiger charge is -2.16. The number of ether oxygens (including phenoxy) is 1. The van der Waals surface area contributed by atoms with Crippen molar-refractivity contribution in [3.8, 4) is 5.75 Å². The topological polar surface area (TPSA) is 84.6 Å². The van der Waals surface area contributed by atoms with E-state index in [0.29, 0.717) is 11.5 Å². The number of nitrogens with zero attached hydrogens (tertiary/aromatic N) is 1. The molecule has 6 nitrogen and oxygen atoms in total. The average Bonchev–Trinajstić information content (AvgIpc) is 3.32. The van der Waals surface area contributed by atoms with Crippen LogP contribution in [0.2, 0.25) is 0 Å². The molecule has 0 saturated heterocycles. The fourth-order valence-electron chi connectivity index (χ4n) is 3.76. The molecule has 0 aliphatic heterocycles. The van der Waals surface area contributed by atoms with Crippen LogP contribution in [0.5, 0.6) is 5.75 Å². The number of aromatic nitrogens is 1. The van der Waals surface area contributed by atoms with Crippen LogP contribution in [-0.2, 0) is 0 Å². The minimum Gasteiger partial charge on any atom is -0.481 e. The molecule has 0 aliphatic rings. The van der Waals surface area contributed by atoms with Crippen LogP contribution in [0.4, 0.5) is 0 Å². The number of carbonyl (C=O) groups is 1. The minimum absolute atomic E-state index is 0.275. The second kappa shape index (κ2) is 13.0. The molecule has 1 heterocycles. The summed E-state index contributed by atoms with van der Waals surface area (Å²) in [5.41, 5.74) is 1.98. The van der Waals surface area contributed by atoms with Crippen molar-refractivity contribution in [1.82, 2.24) is 10.3 Å². The van der Waals surface area contributed by atoms with Crippen LogP contribution < -0.4 is 10.1 Å². The van der Waals surface area contributed by atoms with Gasteiger partial charge >= 0.3 is 5.97 Å². The maximum absolute atomic E-state index is 11.3. The second-order valence-electron chi connectivity index (χ2n) is 8.19. The summed E-state index contributed by atoms with van der Waals surface area (Å²) in [7, 11) is 0. The highest BCUT2D eigenvalue weighted by Gasteiger charge is 2.20. The fourth-order valence-corrected chi connectivity index (χ4v) is 4.82. The zero-order valence-corrected chi connectivity index (χ0v) is 20.4. The third kappa shape index (κ3) is 7.34.